The Morgan fingerprint density at radius 3 is 2.54 bits per heavy atom. The van der Waals surface area contributed by atoms with Crippen LogP contribution in [0.25, 0.3) is 16.2 Å². The lowest BCUT2D eigenvalue weighted by molar-refractivity contribution is 0.242. The molecule has 128 valence electrons. The van der Waals surface area contributed by atoms with E-state index in [-0.39, 0.29) is 6.10 Å². The molecular weight excluding hydrogens is 318 g/mol. The first-order valence-corrected chi connectivity index (χ1v) is 9.33. The first-order chi connectivity index (χ1) is 11.5. The molecule has 0 fully saturated rings. The van der Waals surface area contributed by atoms with E-state index >= 15 is 0 Å². The fraction of sp³-hybridized carbons (Fsp3) is 0.421. The molecule has 24 heavy (non-hydrogen) atoms. The number of ether oxygens (including phenoxy) is 1. The van der Waals surface area contributed by atoms with Crippen molar-refractivity contribution in [2.75, 3.05) is 6.54 Å². The van der Waals surface area contributed by atoms with Crippen LogP contribution in [-0.2, 0) is 12.8 Å². The van der Waals surface area contributed by atoms with Gasteiger partial charge in [0.25, 0.3) is 0 Å². The normalized spacial score (nSPS) is 11.6. The number of imidazole rings is 1. The lowest BCUT2D eigenvalue weighted by Crippen LogP contribution is -2.07. The number of rotatable bonds is 6. The van der Waals surface area contributed by atoms with Crippen molar-refractivity contribution >= 4 is 16.3 Å². The van der Waals surface area contributed by atoms with E-state index in [1.165, 1.54) is 21.8 Å². The third kappa shape index (κ3) is 3.06. The number of aryl methyl sites for hydroxylation is 2. The molecule has 0 atom stereocenters. The molecule has 0 aliphatic heterocycles. The predicted molar refractivity (Wildman–Crippen MR) is 101 cm³/mol. The van der Waals surface area contributed by atoms with E-state index in [0.29, 0.717) is 6.54 Å². The minimum atomic E-state index is 0.183. The van der Waals surface area contributed by atoms with Crippen molar-refractivity contribution in [1.29, 1.82) is 0 Å². The molecule has 4 nitrogen and oxygen atoms in total. The van der Waals surface area contributed by atoms with Gasteiger partial charge < -0.3 is 10.5 Å². The van der Waals surface area contributed by atoms with E-state index in [9.17, 15) is 0 Å². The molecule has 0 radical (unpaired) electrons. The standard InChI is InChI=1S/C19H25N3OS/c1-5-17-18(14-6-8-15(9-7-14)23-12(2)3)22-16(10-11-20)13(4)21-19(22)24-17/h6-9,12H,5,10-11,20H2,1-4H3. The Balaban J connectivity index is 2.13. The molecule has 2 aromatic heterocycles. The Hall–Kier alpha value is -1.85. The molecule has 0 saturated carbocycles. The van der Waals surface area contributed by atoms with Crippen molar-refractivity contribution in [1.82, 2.24) is 9.38 Å². The number of hydrogen-bond donors (Lipinski definition) is 1. The van der Waals surface area contributed by atoms with Crippen LogP contribution in [0.15, 0.2) is 24.3 Å². The quantitative estimate of drug-likeness (QED) is 0.729. The zero-order valence-corrected chi connectivity index (χ0v) is 15.6. The summed E-state index contributed by atoms with van der Waals surface area (Å²) in [4.78, 5) is 7.16. The average molecular weight is 343 g/mol. The van der Waals surface area contributed by atoms with Crippen molar-refractivity contribution in [3.8, 4) is 17.0 Å². The van der Waals surface area contributed by atoms with Crippen LogP contribution in [-0.4, -0.2) is 22.0 Å². The molecule has 2 heterocycles. The summed E-state index contributed by atoms with van der Waals surface area (Å²) in [6, 6.07) is 8.37. The summed E-state index contributed by atoms with van der Waals surface area (Å²) in [5, 5.41) is 0. The number of nitrogens with zero attached hydrogens (tertiary/aromatic N) is 2. The molecule has 0 unspecified atom stereocenters. The molecule has 1 aromatic carbocycles. The first-order valence-electron chi connectivity index (χ1n) is 8.51. The maximum absolute atomic E-state index is 5.82. The molecule has 0 amide bonds. The Labute approximate surface area is 147 Å². The number of hydrogen-bond acceptors (Lipinski definition) is 4. The van der Waals surface area contributed by atoms with Gasteiger partial charge in [-0.25, -0.2) is 4.98 Å². The minimum Gasteiger partial charge on any atom is -0.491 e. The average Bonchev–Trinajstić information content (AvgIpc) is 3.04. The molecule has 0 aliphatic carbocycles. The van der Waals surface area contributed by atoms with Crippen molar-refractivity contribution in [2.24, 2.45) is 5.73 Å². The van der Waals surface area contributed by atoms with Crippen LogP contribution in [0.5, 0.6) is 5.75 Å². The first kappa shape index (κ1) is 17.0. The highest BCUT2D eigenvalue weighted by Gasteiger charge is 2.19. The number of fused-ring (bicyclic) bond motifs is 1. The molecule has 3 rings (SSSR count). The predicted octanol–water partition coefficient (Wildman–Crippen LogP) is 4.22. The second-order valence-electron chi connectivity index (χ2n) is 6.22. The van der Waals surface area contributed by atoms with Gasteiger partial charge >= 0.3 is 0 Å². The summed E-state index contributed by atoms with van der Waals surface area (Å²) < 4.78 is 8.06. The highest BCUT2D eigenvalue weighted by atomic mass is 32.1. The summed E-state index contributed by atoms with van der Waals surface area (Å²) >= 11 is 1.77. The maximum Gasteiger partial charge on any atom is 0.194 e. The van der Waals surface area contributed by atoms with Crippen molar-refractivity contribution in [2.45, 2.75) is 46.6 Å². The molecule has 0 bridgehead atoms. The minimum absolute atomic E-state index is 0.183. The Bertz CT molecular complexity index is 831. The second-order valence-corrected chi connectivity index (χ2v) is 7.28. The second kappa shape index (κ2) is 6.95. The van der Waals surface area contributed by atoms with Gasteiger partial charge in [0, 0.05) is 17.0 Å². The van der Waals surface area contributed by atoms with Gasteiger partial charge in [0.05, 0.1) is 17.5 Å². The van der Waals surface area contributed by atoms with Gasteiger partial charge in [-0.3, -0.25) is 4.40 Å². The highest BCUT2D eigenvalue weighted by Crippen LogP contribution is 2.35. The van der Waals surface area contributed by atoms with Crippen LogP contribution < -0.4 is 10.5 Å². The van der Waals surface area contributed by atoms with Crippen molar-refractivity contribution < 1.29 is 4.74 Å². The zero-order valence-electron chi connectivity index (χ0n) is 14.8. The lowest BCUT2D eigenvalue weighted by atomic mass is 10.1. The molecule has 5 heteroatoms. The molecule has 2 N–H and O–H groups in total. The SMILES string of the molecule is CCc1sc2nc(C)c(CCN)n2c1-c1ccc(OC(C)C)cc1. The molecular formula is C19H25N3OS. The number of benzene rings is 1. The van der Waals surface area contributed by atoms with Gasteiger partial charge in [0.15, 0.2) is 4.96 Å². The van der Waals surface area contributed by atoms with Crippen molar-refractivity contribution in [3.05, 3.63) is 40.5 Å². The Kier molecular flexibility index (Phi) is 4.92. The lowest BCUT2D eigenvalue weighted by Gasteiger charge is -2.11. The van der Waals surface area contributed by atoms with Crippen LogP contribution >= 0.6 is 11.3 Å². The number of nitrogens with two attached hydrogens (primary N) is 1. The summed E-state index contributed by atoms with van der Waals surface area (Å²) in [5.41, 5.74) is 10.6. The molecule has 0 saturated heterocycles. The van der Waals surface area contributed by atoms with E-state index in [4.69, 9.17) is 15.5 Å². The van der Waals surface area contributed by atoms with E-state index in [0.717, 1.165) is 29.2 Å². The number of aromatic nitrogens is 2. The van der Waals surface area contributed by atoms with E-state index in [1.807, 2.05) is 26.0 Å². The number of thiazole rings is 1. The fourth-order valence-electron chi connectivity index (χ4n) is 3.04. The van der Waals surface area contributed by atoms with E-state index in [2.05, 4.69) is 30.4 Å². The maximum atomic E-state index is 5.82. The molecule has 3 aromatic rings. The summed E-state index contributed by atoms with van der Waals surface area (Å²) in [5.74, 6) is 0.905. The Morgan fingerprint density at radius 1 is 1.25 bits per heavy atom. The molecule has 0 aliphatic rings. The smallest absolute Gasteiger partial charge is 0.194 e. The third-order valence-corrected chi connectivity index (χ3v) is 5.23. The van der Waals surface area contributed by atoms with Gasteiger partial charge in [0.2, 0.25) is 0 Å². The van der Waals surface area contributed by atoms with Crippen LogP contribution in [0.3, 0.4) is 0 Å². The summed E-state index contributed by atoms with van der Waals surface area (Å²) in [6.07, 6.45) is 2.02. The van der Waals surface area contributed by atoms with E-state index < -0.39 is 0 Å². The highest BCUT2D eigenvalue weighted by molar-refractivity contribution is 7.17. The topological polar surface area (TPSA) is 52.5 Å². The third-order valence-electron chi connectivity index (χ3n) is 4.05. The van der Waals surface area contributed by atoms with Crippen LogP contribution in [0, 0.1) is 6.92 Å². The van der Waals surface area contributed by atoms with Crippen molar-refractivity contribution in [3.63, 3.8) is 0 Å². The van der Waals surface area contributed by atoms with Crippen LogP contribution in [0.1, 0.15) is 37.0 Å². The fourth-order valence-corrected chi connectivity index (χ4v) is 4.19. The van der Waals surface area contributed by atoms with Gasteiger partial charge in [-0.15, -0.1) is 11.3 Å². The molecule has 0 spiro atoms. The van der Waals surface area contributed by atoms with E-state index in [1.54, 1.807) is 11.3 Å². The summed E-state index contributed by atoms with van der Waals surface area (Å²) in [7, 11) is 0. The van der Waals surface area contributed by atoms with Gasteiger partial charge in [-0.05, 0) is 63.6 Å². The van der Waals surface area contributed by atoms with Gasteiger partial charge in [-0.1, -0.05) is 6.92 Å². The largest absolute Gasteiger partial charge is 0.491 e. The van der Waals surface area contributed by atoms with Crippen LogP contribution in [0.2, 0.25) is 0 Å². The summed E-state index contributed by atoms with van der Waals surface area (Å²) in [6.45, 7) is 8.98. The van der Waals surface area contributed by atoms with Crippen LogP contribution in [0.4, 0.5) is 0 Å². The monoisotopic (exact) mass is 343 g/mol. The Morgan fingerprint density at radius 2 is 1.96 bits per heavy atom. The van der Waals surface area contributed by atoms with Gasteiger partial charge in [-0.2, -0.15) is 0 Å². The van der Waals surface area contributed by atoms with Gasteiger partial charge in [0.1, 0.15) is 5.75 Å². The zero-order chi connectivity index (χ0) is 17.3.